The lowest BCUT2D eigenvalue weighted by atomic mass is 10.1. The molecule has 2 aromatic rings. The molecule has 0 fully saturated rings. The van der Waals surface area contributed by atoms with E-state index < -0.39 is 0 Å². The van der Waals surface area contributed by atoms with Gasteiger partial charge >= 0.3 is 0 Å². The Morgan fingerprint density at radius 1 is 1.40 bits per heavy atom. The van der Waals surface area contributed by atoms with Crippen molar-refractivity contribution in [2.24, 2.45) is 5.73 Å². The zero-order valence-corrected chi connectivity index (χ0v) is 14.5. The zero-order valence-electron chi connectivity index (χ0n) is 14.5. The van der Waals surface area contributed by atoms with Gasteiger partial charge in [0.25, 0.3) is 5.56 Å². The number of hydrogen-bond donors (Lipinski definition) is 5. The van der Waals surface area contributed by atoms with Crippen LogP contribution >= 0.6 is 0 Å². The van der Waals surface area contributed by atoms with E-state index in [9.17, 15) is 4.79 Å². The van der Waals surface area contributed by atoms with Crippen LogP contribution in [0.2, 0.25) is 0 Å². The number of benzene rings is 1. The van der Waals surface area contributed by atoms with Gasteiger partial charge in [-0.25, -0.2) is 0 Å². The highest BCUT2D eigenvalue weighted by Crippen LogP contribution is 2.25. The molecule has 8 heteroatoms. The molecule has 0 aliphatic carbocycles. The molecule has 8 nitrogen and oxygen atoms in total. The van der Waals surface area contributed by atoms with Crippen LogP contribution in [0.25, 0.3) is 11.1 Å². The van der Waals surface area contributed by atoms with Crippen molar-refractivity contribution in [3.8, 4) is 16.9 Å². The quantitative estimate of drug-likeness (QED) is 0.273. The number of H-pyrrole nitrogens is 1. The van der Waals surface area contributed by atoms with Gasteiger partial charge < -0.3 is 26.1 Å². The Bertz CT molecular complexity index is 787. The second-order valence-electron chi connectivity index (χ2n) is 5.60. The van der Waals surface area contributed by atoms with Gasteiger partial charge in [0, 0.05) is 24.8 Å². The topological polar surface area (TPSA) is 129 Å². The Hall–Kier alpha value is -2.87. The Balaban J connectivity index is 2.01. The van der Waals surface area contributed by atoms with Gasteiger partial charge in [-0.15, -0.1) is 0 Å². The SMILES string of the molecule is COc1cc(-c2c[nH]c(C)nc2=O)ccc1CNCCCNC(=N)N. The third-order valence-electron chi connectivity index (χ3n) is 3.68. The van der Waals surface area contributed by atoms with E-state index in [1.807, 2.05) is 18.2 Å². The maximum atomic E-state index is 12.0. The Kier molecular flexibility index (Phi) is 6.53. The number of aryl methyl sites for hydroxylation is 1. The molecule has 0 amide bonds. The van der Waals surface area contributed by atoms with Crippen LogP contribution in [0.4, 0.5) is 0 Å². The second-order valence-corrected chi connectivity index (χ2v) is 5.60. The first-order valence-electron chi connectivity index (χ1n) is 8.03. The monoisotopic (exact) mass is 344 g/mol. The maximum absolute atomic E-state index is 12.0. The van der Waals surface area contributed by atoms with Crippen LogP contribution in [-0.4, -0.2) is 36.1 Å². The molecule has 1 aromatic carbocycles. The Labute approximate surface area is 146 Å². The summed E-state index contributed by atoms with van der Waals surface area (Å²) in [4.78, 5) is 18.9. The third kappa shape index (κ3) is 5.32. The van der Waals surface area contributed by atoms with Crippen LogP contribution in [0.1, 0.15) is 17.8 Å². The number of guanidine groups is 1. The molecule has 0 aliphatic rings. The van der Waals surface area contributed by atoms with Gasteiger partial charge in [-0.3, -0.25) is 10.2 Å². The number of aromatic nitrogens is 2. The van der Waals surface area contributed by atoms with Crippen LogP contribution in [-0.2, 0) is 6.54 Å². The van der Waals surface area contributed by atoms with Crippen molar-refractivity contribution < 1.29 is 4.74 Å². The van der Waals surface area contributed by atoms with Gasteiger partial charge in [0.2, 0.25) is 0 Å². The number of methoxy groups -OCH3 is 1. The van der Waals surface area contributed by atoms with Crippen molar-refractivity contribution in [1.82, 2.24) is 20.6 Å². The first kappa shape index (κ1) is 18.5. The molecule has 0 bridgehead atoms. The highest BCUT2D eigenvalue weighted by atomic mass is 16.5. The normalized spacial score (nSPS) is 10.5. The molecule has 0 saturated heterocycles. The molecule has 0 spiro atoms. The van der Waals surface area contributed by atoms with Crippen LogP contribution in [0.15, 0.2) is 29.2 Å². The standard InChI is InChI=1S/C17H24N6O2/c1-11-22-10-14(16(24)23-11)12-4-5-13(15(8-12)25-2)9-20-6-3-7-21-17(18)19/h4-5,8,10,20H,3,6-7,9H2,1-2H3,(H4,18,19,21)(H,22,23,24). The fourth-order valence-corrected chi connectivity index (χ4v) is 2.41. The summed E-state index contributed by atoms with van der Waals surface area (Å²) in [5.41, 5.74) is 7.24. The molecule has 1 aromatic heterocycles. The lowest BCUT2D eigenvalue weighted by Crippen LogP contribution is -2.32. The van der Waals surface area contributed by atoms with Crippen molar-refractivity contribution in [3.05, 3.63) is 46.1 Å². The molecular weight excluding hydrogens is 320 g/mol. The average molecular weight is 344 g/mol. The number of nitrogens with two attached hydrogens (primary N) is 1. The number of aromatic amines is 1. The van der Waals surface area contributed by atoms with Gasteiger partial charge in [0.05, 0.1) is 12.7 Å². The Morgan fingerprint density at radius 2 is 2.20 bits per heavy atom. The molecule has 0 unspecified atom stereocenters. The largest absolute Gasteiger partial charge is 0.496 e. The van der Waals surface area contributed by atoms with Gasteiger partial charge in [0.1, 0.15) is 11.6 Å². The molecule has 134 valence electrons. The predicted molar refractivity (Wildman–Crippen MR) is 97.8 cm³/mol. The maximum Gasteiger partial charge on any atom is 0.280 e. The molecule has 25 heavy (non-hydrogen) atoms. The van der Waals surface area contributed by atoms with E-state index in [1.54, 1.807) is 20.2 Å². The molecule has 0 radical (unpaired) electrons. The van der Waals surface area contributed by atoms with Crippen molar-refractivity contribution in [3.63, 3.8) is 0 Å². The fourth-order valence-electron chi connectivity index (χ4n) is 2.41. The van der Waals surface area contributed by atoms with Gasteiger partial charge in [-0.2, -0.15) is 4.98 Å². The third-order valence-corrected chi connectivity index (χ3v) is 3.68. The summed E-state index contributed by atoms with van der Waals surface area (Å²) in [5, 5.41) is 13.2. The first-order chi connectivity index (χ1) is 12.0. The van der Waals surface area contributed by atoms with Crippen molar-refractivity contribution in [1.29, 1.82) is 5.41 Å². The fraction of sp³-hybridized carbons (Fsp3) is 0.353. The van der Waals surface area contributed by atoms with E-state index >= 15 is 0 Å². The summed E-state index contributed by atoms with van der Waals surface area (Å²) in [7, 11) is 1.61. The molecule has 0 saturated carbocycles. The van der Waals surface area contributed by atoms with E-state index in [2.05, 4.69) is 20.6 Å². The summed E-state index contributed by atoms with van der Waals surface area (Å²) in [5.74, 6) is 1.28. The number of ether oxygens (including phenoxy) is 1. The van der Waals surface area contributed by atoms with Crippen LogP contribution in [0.5, 0.6) is 5.75 Å². The number of nitrogens with zero attached hydrogens (tertiary/aromatic N) is 1. The summed E-state index contributed by atoms with van der Waals surface area (Å²) in [6.07, 6.45) is 2.52. The minimum atomic E-state index is -0.262. The minimum absolute atomic E-state index is 0.0159. The number of hydrogen-bond acceptors (Lipinski definition) is 5. The molecule has 1 heterocycles. The first-order valence-corrected chi connectivity index (χ1v) is 8.03. The van der Waals surface area contributed by atoms with Gasteiger partial charge in [0.15, 0.2) is 5.96 Å². The van der Waals surface area contributed by atoms with Crippen LogP contribution in [0.3, 0.4) is 0 Å². The average Bonchev–Trinajstić information content (AvgIpc) is 2.58. The van der Waals surface area contributed by atoms with Crippen LogP contribution in [0, 0.1) is 12.3 Å². The molecule has 6 N–H and O–H groups in total. The zero-order chi connectivity index (χ0) is 18.2. The molecule has 0 aliphatic heterocycles. The lowest BCUT2D eigenvalue weighted by Gasteiger charge is -2.12. The molecule has 2 rings (SSSR count). The highest BCUT2D eigenvalue weighted by molar-refractivity contribution is 5.74. The molecular formula is C17H24N6O2. The van der Waals surface area contributed by atoms with E-state index in [0.29, 0.717) is 30.2 Å². The van der Waals surface area contributed by atoms with E-state index in [1.165, 1.54) is 0 Å². The van der Waals surface area contributed by atoms with E-state index in [4.69, 9.17) is 15.9 Å². The molecule has 0 atom stereocenters. The predicted octanol–water partition coefficient (Wildman–Crippen LogP) is 0.717. The number of rotatable bonds is 8. The summed E-state index contributed by atoms with van der Waals surface area (Å²) < 4.78 is 5.45. The van der Waals surface area contributed by atoms with Gasteiger partial charge in [-0.1, -0.05) is 12.1 Å². The minimum Gasteiger partial charge on any atom is -0.496 e. The van der Waals surface area contributed by atoms with Crippen molar-refractivity contribution in [2.75, 3.05) is 20.2 Å². The highest BCUT2D eigenvalue weighted by Gasteiger charge is 2.09. The smallest absolute Gasteiger partial charge is 0.280 e. The van der Waals surface area contributed by atoms with Crippen LogP contribution < -0.4 is 26.7 Å². The lowest BCUT2D eigenvalue weighted by molar-refractivity contribution is 0.408. The van der Waals surface area contributed by atoms with Gasteiger partial charge in [-0.05, 0) is 31.5 Å². The van der Waals surface area contributed by atoms with E-state index in [0.717, 1.165) is 24.1 Å². The van der Waals surface area contributed by atoms with E-state index in [-0.39, 0.29) is 11.5 Å². The summed E-state index contributed by atoms with van der Waals surface area (Å²) >= 11 is 0. The Morgan fingerprint density at radius 3 is 2.88 bits per heavy atom. The van der Waals surface area contributed by atoms with Crippen molar-refractivity contribution >= 4 is 5.96 Å². The summed E-state index contributed by atoms with van der Waals surface area (Å²) in [6, 6.07) is 5.67. The second kappa shape index (κ2) is 8.84. The van der Waals surface area contributed by atoms with Crippen molar-refractivity contribution in [2.45, 2.75) is 19.9 Å². The summed E-state index contributed by atoms with van der Waals surface area (Å²) in [6.45, 7) is 3.83. The number of nitrogens with one attached hydrogen (secondary N) is 4.